The summed E-state index contributed by atoms with van der Waals surface area (Å²) in [7, 11) is 1.40. The molecule has 2 aromatic rings. The molecule has 2 aliphatic rings. The van der Waals surface area contributed by atoms with Crippen molar-refractivity contribution in [3.8, 4) is 28.1 Å². The van der Waals surface area contributed by atoms with Crippen LogP contribution < -0.4 is 0 Å². The Morgan fingerprint density at radius 1 is 0.880 bits per heavy atom. The number of methoxy groups -OCH3 is 1. The van der Waals surface area contributed by atoms with Gasteiger partial charge in [-0.15, -0.1) is 0 Å². The highest BCUT2D eigenvalue weighted by Gasteiger charge is 2.22. The predicted octanol–water partition coefficient (Wildman–Crippen LogP) is 4.43. The van der Waals surface area contributed by atoms with Crippen LogP contribution in [0.2, 0.25) is 0 Å². The fourth-order valence-electron chi connectivity index (χ4n) is 3.00. The van der Waals surface area contributed by atoms with Crippen molar-refractivity contribution in [2.24, 2.45) is 0 Å². The van der Waals surface area contributed by atoms with Crippen LogP contribution in [0.1, 0.15) is 10.4 Å². The van der Waals surface area contributed by atoms with Crippen molar-refractivity contribution in [3.63, 3.8) is 0 Å². The van der Waals surface area contributed by atoms with Crippen molar-refractivity contribution in [3.05, 3.63) is 84.6 Å². The molecule has 1 aromatic heterocycles. The Morgan fingerprint density at radius 2 is 1.56 bits per heavy atom. The summed E-state index contributed by atoms with van der Waals surface area (Å²) in [6, 6.07) is 23.5. The predicted molar refractivity (Wildman–Crippen MR) is 97.0 cm³/mol. The summed E-state index contributed by atoms with van der Waals surface area (Å²) in [4.78, 5) is 12.2. The number of ether oxygens (including phenoxy) is 1. The van der Waals surface area contributed by atoms with E-state index in [1.165, 1.54) is 7.11 Å². The van der Waals surface area contributed by atoms with E-state index in [1.54, 1.807) is 0 Å². The fourth-order valence-corrected chi connectivity index (χ4v) is 3.00. The highest BCUT2D eigenvalue weighted by atomic mass is 16.5. The van der Waals surface area contributed by atoms with Crippen LogP contribution in [-0.2, 0) is 4.74 Å². The number of fused-ring (bicyclic) bond motifs is 1. The van der Waals surface area contributed by atoms with Crippen molar-refractivity contribution in [2.45, 2.75) is 0 Å². The Balaban J connectivity index is 1.85. The summed E-state index contributed by atoms with van der Waals surface area (Å²) in [5.41, 5.74) is 5.11. The molecule has 4 nitrogen and oxygen atoms in total. The Bertz CT molecular complexity index is 1010. The van der Waals surface area contributed by atoms with Crippen LogP contribution in [0.5, 0.6) is 0 Å². The molecule has 0 saturated carbocycles. The second-order valence-electron chi connectivity index (χ2n) is 5.68. The molecule has 0 amide bonds. The Kier molecular flexibility index (Phi) is 3.78. The van der Waals surface area contributed by atoms with Crippen molar-refractivity contribution < 1.29 is 9.53 Å². The van der Waals surface area contributed by atoms with Gasteiger partial charge in [0.25, 0.3) is 0 Å². The van der Waals surface area contributed by atoms with E-state index in [0.29, 0.717) is 5.56 Å². The fraction of sp³-hybridized carbons (Fsp3) is 0.0476. The molecule has 25 heavy (non-hydrogen) atoms. The SMILES string of the molecule is COC(=O)c1cc(-c2ccn(-c3ccccc3)n2)c2cccccc1-2. The van der Waals surface area contributed by atoms with Crippen molar-refractivity contribution in [2.75, 3.05) is 7.11 Å². The van der Waals surface area contributed by atoms with Gasteiger partial charge in [-0.2, -0.15) is 5.10 Å². The average Bonchev–Trinajstić information content (AvgIpc) is 3.20. The molecule has 0 bridgehead atoms. The molecule has 0 saturated heterocycles. The first-order valence-electron chi connectivity index (χ1n) is 7.99. The minimum Gasteiger partial charge on any atom is -0.465 e. The van der Waals surface area contributed by atoms with E-state index in [4.69, 9.17) is 4.74 Å². The highest BCUT2D eigenvalue weighted by molar-refractivity contribution is 6.04. The second-order valence-corrected chi connectivity index (χ2v) is 5.68. The van der Waals surface area contributed by atoms with E-state index in [0.717, 1.165) is 28.1 Å². The van der Waals surface area contributed by atoms with Crippen molar-refractivity contribution >= 4 is 5.97 Å². The normalized spacial score (nSPS) is 10.8. The van der Waals surface area contributed by atoms with Gasteiger partial charge in [-0.25, -0.2) is 9.48 Å². The van der Waals surface area contributed by atoms with Gasteiger partial charge in [0.05, 0.1) is 24.1 Å². The largest absolute Gasteiger partial charge is 0.465 e. The van der Waals surface area contributed by atoms with E-state index in [-0.39, 0.29) is 5.97 Å². The second kappa shape index (κ2) is 6.24. The Hall–Kier alpha value is -3.40. The number of hydrogen-bond donors (Lipinski definition) is 0. The minimum atomic E-state index is -0.343. The van der Waals surface area contributed by atoms with Crippen LogP contribution >= 0.6 is 0 Å². The van der Waals surface area contributed by atoms with Crippen LogP contribution in [0.25, 0.3) is 28.1 Å². The third kappa shape index (κ3) is 2.68. The summed E-state index contributed by atoms with van der Waals surface area (Å²) in [6.45, 7) is 0. The number of carbonyl (C=O) groups is 1. The molecular formula is C21H16N2O2. The van der Waals surface area contributed by atoms with Gasteiger partial charge in [-0.05, 0) is 35.4 Å². The van der Waals surface area contributed by atoms with Crippen molar-refractivity contribution in [1.82, 2.24) is 9.78 Å². The Morgan fingerprint density at radius 3 is 2.28 bits per heavy atom. The number of para-hydroxylation sites is 1. The summed E-state index contributed by atoms with van der Waals surface area (Å²) in [5.74, 6) is -0.343. The molecule has 1 heterocycles. The highest BCUT2D eigenvalue weighted by Crippen LogP contribution is 2.38. The van der Waals surface area contributed by atoms with Gasteiger partial charge in [0.2, 0.25) is 0 Å². The van der Waals surface area contributed by atoms with Crippen LogP contribution in [0.4, 0.5) is 0 Å². The monoisotopic (exact) mass is 328 g/mol. The number of carbonyl (C=O) groups excluding carboxylic acids is 1. The first kappa shape index (κ1) is 15.1. The molecule has 1 aromatic carbocycles. The Labute approximate surface area is 145 Å². The van der Waals surface area contributed by atoms with Gasteiger partial charge >= 0.3 is 5.97 Å². The number of benzene rings is 1. The van der Waals surface area contributed by atoms with E-state index >= 15 is 0 Å². The van der Waals surface area contributed by atoms with E-state index in [1.807, 2.05) is 83.7 Å². The smallest absolute Gasteiger partial charge is 0.338 e. The maximum atomic E-state index is 12.2. The van der Waals surface area contributed by atoms with Gasteiger partial charge in [-0.1, -0.05) is 48.5 Å². The molecule has 122 valence electrons. The van der Waals surface area contributed by atoms with E-state index in [2.05, 4.69) is 5.10 Å². The van der Waals surface area contributed by atoms with Gasteiger partial charge in [0.1, 0.15) is 0 Å². The lowest BCUT2D eigenvalue weighted by Crippen LogP contribution is -1.99. The first-order valence-corrected chi connectivity index (χ1v) is 7.99. The van der Waals surface area contributed by atoms with E-state index in [9.17, 15) is 4.79 Å². The summed E-state index contributed by atoms with van der Waals surface area (Å²) in [6.07, 6.45) is 1.92. The number of esters is 1. The third-order valence-corrected chi connectivity index (χ3v) is 4.20. The molecule has 4 heteroatoms. The van der Waals surface area contributed by atoms with Crippen LogP contribution in [-0.4, -0.2) is 22.9 Å². The topological polar surface area (TPSA) is 44.1 Å². The molecule has 0 radical (unpaired) electrons. The summed E-state index contributed by atoms with van der Waals surface area (Å²) < 4.78 is 6.76. The quantitative estimate of drug-likeness (QED) is 0.523. The molecule has 0 N–H and O–H groups in total. The summed E-state index contributed by atoms with van der Waals surface area (Å²) >= 11 is 0. The molecule has 2 aliphatic carbocycles. The van der Waals surface area contributed by atoms with Crippen LogP contribution in [0, 0.1) is 0 Å². The van der Waals surface area contributed by atoms with E-state index < -0.39 is 0 Å². The molecular weight excluding hydrogens is 312 g/mol. The zero-order valence-corrected chi connectivity index (χ0v) is 13.7. The number of hydrogen-bond acceptors (Lipinski definition) is 3. The zero-order valence-electron chi connectivity index (χ0n) is 13.7. The van der Waals surface area contributed by atoms with Gasteiger partial charge in [0.15, 0.2) is 0 Å². The van der Waals surface area contributed by atoms with Crippen LogP contribution in [0.15, 0.2) is 79.0 Å². The average molecular weight is 328 g/mol. The lowest BCUT2D eigenvalue weighted by molar-refractivity contribution is 0.0602. The molecule has 0 spiro atoms. The maximum Gasteiger partial charge on any atom is 0.338 e. The molecule has 0 aliphatic heterocycles. The van der Waals surface area contributed by atoms with Gasteiger partial charge in [-0.3, -0.25) is 0 Å². The summed E-state index contributed by atoms with van der Waals surface area (Å²) in [5, 5.41) is 4.68. The maximum absolute atomic E-state index is 12.2. The molecule has 4 rings (SSSR count). The lowest BCUT2D eigenvalue weighted by Gasteiger charge is -2.01. The molecule has 0 atom stereocenters. The molecule has 0 fully saturated rings. The first-order chi connectivity index (χ1) is 12.3. The molecule has 0 unspecified atom stereocenters. The lowest BCUT2D eigenvalue weighted by atomic mass is 10.1. The number of aromatic nitrogens is 2. The van der Waals surface area contributed by atoms with Crippen molar-refractivity contribution in [1.29, 1.82) is 0 Å². The number of rotatable bonds is 3. The zero-order chi connectivity index (χ0) is 17.2. The minimum absolute atomic E-state index is 0.343. The van der Waals surface area contributed by atoms with Gasteiger partial charge in [0, 0.05) is 11.8 Å². The number of nitrogens with zero attached hydrogens (tertiary/aromatic N) is 2. The third-order valence-electron chi connectivity index (χ3n) is 4.20. The standard InChI is InChI=1S/C21H16N2O2/c1-25-21(24)19-14-18(16-10-6-3-7-11-17(16)19)20-12-13-23(22-20)15-8-4-2-5-9-15/h2-14H,1H3. The van der Waals surface area contributed by atoms with Gasteiger partial charge < -0.3 is 4.74 Å². The van der Waals surface area contributed by atoms with Crippen LogP contribution in [0.3, 0.4) is 0 Å².